The fraction of sp³-hybridized carbons (Fsp3) is 0.400. The molecule has 0 atom stereocenters. The third-order valence-corrected chi connectivity index (χ3v) is 1.83. The van der Waals surface area contributed by atoms with E-state index in [-0.39, 0.29) is 6.42 Å². The summed E-state index contributed by atoms with van der Waals surface area (Å²) in [4.78, 5) is 14.5. The van der Waals surface area contributed by atoms with E-state index in [1.54, 1.807) is 0 Å². The highest BCUT2D eigenvalue weighted by molar-refractivity contribution is 7.11. The highest BCUT2D eigenvalue weighted by Crippen LogP contribution is 2.08. The van der Waals surface area contributed by atoms with Crippen molar-refractivity contribution in [1.29, 1.82) is 0 Å². The van der Waals surface area contributed by atoms with Crippen LogP contribution in [0.1, 0.15) is 10.0 Å². The average Bonchev–Trinajstić information content (AvgIpc) is 2.35. The zero-order valence-corrected chi connectivity index (χ0v) is 6.72. The maximum absolute atomic E-state index is 10.6. The largest absolute Gasteiger partial charge is 0.373 e. The molecular weight excluding hydrogens is 166 g/mol. The topological polar surface area (TPSA) is 78.1 Å². The molecule has 0 bridgehead atoms. The molecule has 1 aromatic rings. The summed E-state index contributed by atoms with van der Waals surface area (Å²) in [6.07, 6.45) is 0.0992. The molecule has 0 aliphatic rings. The molecular formula is C5H7N3O2S. The number of carbonyl (C=O) groups excluding carboxylic acids is 1. The van der Waals surface area contributed by atoms with Gasteiger partial charge in [-0.3, -0.25) is 0 Å². The second-order valence-electron chi connectivity index (χ2n) is 1.88. The molecule has 0 fully saturated rings. The van der Waals surface area contributed by atoms with Gasteiger partial charge in [-0.05, 0) is 6.92 Å². The van der Waals surface area contributed by atoms with Crippen LogP contribution in [0.3, 0.4) is 0 Å². The Morgan fingerprint density at radius 3 is 2.91 bits per heavy atom. The molecule has 0 spiro atoms. The zero-order valence-electron chi connectivity index (χ0n) is 5.90. The number of carbonyl (C=O) groups is 1. The molecule has 6 heteroatoms. The van der Waals surface area contributed by atoms with E-state index in [0.717, 1.165) is 5.01 Å². The second kappa shape index (κ2) is 3.40. The van der Waals surface area contributed by atoms with Gasteiger partial charge in [0.2, 0.25) is 0 Å². The number of nitrogens with zero attached hydrogens (tertiary/aromatic N) is 2. The Morgan fingerprint density at radius 1 is 1.73 bits per heavy atom. The minimum atomic E-state index is -0.499. The fourth-order valence-electron chi connectivity index (χ4n) is 0.574. The van der Waals surface area contributed by atoms with E-state index < -0.39 is 5.97 Å². The van der Waals surface area contributed by atoms with Crippen LogP contribution in [0.15, 0.2) is 0 Å². The third-order valence-electron chi connectivity index (χ3n) is 0.995. The Kier molecular flexibility index (Phi) is 2.50. The van der Waals surface area contributed by atoms with Crippen LogP contribution in [0.4, 0.5) is 0 Å². The average molecular weight is 173 g/mol. The summed E-state index contributed by atoms with van der Waals surface area (Å²) < 4.78 is 0. The molecule has 0 radical (unpaired) electrons. The molecule has 0 aromatic carbocycles. The first kappa shape index (κ1) is 8.09. The molecule has 0 aliphatic carbocycles. The first-order valence-electron chi connectivity index (χ1n) is 2.91. The molecule has 1 aromatic heterocycles. The lowest BCUT2D eigenvalue weighted by atomic mass is 10.5. The van der Waals surface area contributed by atoms with Gasteiger partial charge in [0.05, 0.1) is 0 Å². The van der Waals surface area contributed by atoms with Crippen molar-refractivity contribution in [3.05, 3.63) is 10.0 Å². The van der Waals surface area contributed by atoms with E-state index in [1.165, 1.54) is 11.3 Å². The van der Waals surface area contributed by atoms with Gasteiger partial charge in [0.15, 0.2) is 0 Å². The molecule has 0 saturated carbocycles. The van der Waals surface area contributed by atoms with Crippen LogP contribution in [0.5, 0.6) is 0 Å². The second-order valence-corrected chi connectivity index (χ2v) is 3.15. The van der Waals surface area contributed by atoms with Gasteiger partial charge in [-0.15, -0.1) is 21.5 Å². The predicted octanol–water partition coefficient (Wildman–Crippen LogP) is -0.194. The standard InChI is InChI=1S/C5H7N3O2S/c1-3-7-8-4(11-3)2-5(9)10-6/h2,6H2,1H3. The summed E-state index contributed by atoms with van der Waals surface area (Å²) in [7, 11) is 0. The summed E-state index contributed by atoms with van der Waals surface area (Å²) >= 11 is 1.35. The van der Waals surface area contributed by atoms with E-state index in [2.05, 4.69) is 20.9 Å². The zero-order chi connectivity index (χ0) is 8.27. The number of hydrogen-bond acceptors (Lipinski definition) is 6. The quantitative estimate of drug-likeness (QED) is 0.627. The van der Waals surface area contributed by atoms with Crippen LogP contribution in [0, 0.1) is 6.92 Å². The van der Waals surface area contributed by atoms with Crippen molar-refractivity contribution in [2.45, 2.75) is 13.3 Å². The van der Waals surface area contributed by atoms with E-state index in [1.807, 2.05) is 6.92 Å². The van der Waals surface area contributed by atoms with Crippen molar-refractivity contribution < 1.29 is 9.63 Å². The van der Waals surface area contributed by atoms with Crippen LogP contribution in [0.2, 0.25) is 0 Å². The Balaban J connectivity index is 2.57. The van der Waals surface area contributed by atoms with E-state index in [4.69, 9.17) is 0 Å². The lowest BCUT2D eigenvalue weighted by molar-refractivity contribution is -0.143. The van der Waals surface area contributed by atoms with Crippen molar-refractivity contribution in [2.24, 2.45) is 5.90 Å². The molecule has 60 valence electrons. The minimum Gasteiger partial charge on any atom is -0.373 e. The van der Waals surface area contributed by atoms with Crippen LogP contribution in [-0.4, -0.2) is 16.2 Å². The van der Waals surface area contributed by atoms with Gasteiger partial charge in [-0.25, -0.2) is 4.79 Å². The molecule has 0 unspecified atom stereocenters. The van der Waals surface area contributed by atoms with Crippen molar-refractivity contribution >= 4 is 17.3 Å². The Labute approximate surface area is 67.1 Å². The van der Waals surface area contributed by atoms with Gasteiger partial charge in [0.1, 0.15) is 16.4 Å². The third kappa shape index (κ3) is 2.24. The molecule has 0 aliphatic heterocycles. The van der Waals surface area contributed by atoms with Gasteiger partial charge in [-0.2, -0.15) is 5.90 Å². The van der Waals surface area contributed by atoms with E-state index in [0.29, 0.717) is 5.01 Å². The van der Waals surface area contributed by atoms with E-state index in [9.17, 15) is 4.79 Å². The molecule has 2 N–H and O–H groups in total. The van der Waals surface area contributed by atoms with Gasteiger partial charge in [0.25, 0.3) is 0 Å². The molecule has 0 amide bonds. The number of hydrogen-bond donors (Lipinski definition) is 1. The highest BCUT2D eigenvalue weighted by atomic mass is 32.1. The van der Waals surface area contributed by atoms with Gasteiger partial charge in [0, 0.05) is 0 Å². The Morgan fingerprint density at radius 2 is 2.45 bits per heavy atom. The lowest BCUT2D eigenvalue weighted by Crippen LogP contribution is -2.12. The molecule has 11 heavy (non-hydrogen) atoms. The predicted molar refractivity (Wildman–Crippen MR) is 38.6 cm³/mol. The van der Waals surface area contributed by atoms with E-state index >= 15 is 0 Å². The van der Waals surface area contributed by atoms with Gasteiger partial charge >= 0.3 is 5.97 Å². The Bertz CT molecular complexity index is 260. The van der Waals surface area contributed by atoms with Crippen LogP contribution < -0.4 is 5.90 Å². The van der Waals surface area contributed by atoms with Gasteiger partial charge < -0.3 is 4.84 Å². The Hall–Kier alpha value is -1.01. The van der Waals surface area contributed by atoms with Crippen LogP contribution >= 0.6 is 11.3 Å². The number of aromatic nitrogens is 2. The number of nitrogens with two attached hydrogens (primary N) is 1. The van der Waals surface area contributed by atoms with Crippen molar-refractivity contribution in [1.82, 2.24) is 10.2 Å². The summed E-state index contributed by atoms with van der Waals surface area (Å²) in [5, 5.41) is 8.89. The highest BCUT2D eigenvalue weighted by Gasteiger charge is 2.07. The van der Waals surface area contributed by atoms with Crippen LogP contribution in [0.25, 0.3) is 0 Å². The molecule has 1 rings (SSSR count). The van der Waals surface area contributed by atoms with Crippen molar-refractivity contribution in [3.8, 4) is 0 Å². The smallest absolute Gasteiger partial charge is 0.331 e. The lowest BCUT2D eigenvalue weighted by Gasteiger charge is -1.90. The normalized spacial score (nSPS) is 9.64. The van der Waals surface area contributed by atoms with Crippen molar-refractivity contribution in [3.63, 3.8) is 0 Å². The first-order valence-corrected chi connectivity index (χ1v) is 3.72. The fourth-order valence-corrected chi connectivity index (χ4v) is 1.27. The SMILES string of the molecule is Cc1nnc(CC(=O)ON)s1. The van der Waals surface area contributed by atoms with Gasteiger partial charge in [-0.1, -0.05) is 0 Å². The maximum Gasteiger partial charge on any atom is 0.331 e. The first-order chi connectivity index (χ1) is 5.22. The summed E-state index contributed by atoms with van der Waals surface area (Å²) in [6.45, 7) is 1.81. The summed E-state index contributed by atoms with van der Waals surface area (Å²) in [5.41, 5.74) is 0. The molecule has 0 saturated heterocycles. The van der Waals surface area contributed by atoms with Crippen LogP contribution in [-0.2, 0) is 16.1 Å². The summed E-state index contributed by atoms with van der Waals surface area (Å²) in [5.74, 6) is 4.13. The molecule has 5 nitrogen and oxygen atoms in total. The summed E-state index contributed by atoms with van der Waals surface area (Å²) in [6, 6.07) is 0. The number of rotatable bonds is 2. The molecule has 1 heterocycles. The van der Waals surface area contributed by atoms with Crippen molar-refractivity contribution in [2.75, 3.05) is 0 Å². The monoisotopic (exact) mass is 173 g/mol. The minimum absolute atomic E-state index is 0.0992. The maximum atomic E-state index is 10.6. The number of aryl methyl sites for hydroxylation is 1.